The molecule has 0 saturated heterocycles. The summed E-state index contributed by atoms with van der Waals surface area (Å²) in [5, 5.41) is 8.88. The molecule has 168 valence electrons. The van der Waals surface area contributed by atoms with Crippen LogP contribution in [0.2, 0.25) is 0 Å². The van der Waals surface area contributed by atoms with Crippen LogP contribution in [0.4, 0.5) is 5.69 Å². The van der Waals surface area contributed by atoms with Crippen LogP contribution in [0.25, 0.3) is 0 Å². The highest BCUT2D eigenvalue weighted by atomic mass is 16.5. The summed E-state index contributed by atoms with van der Waals surface area (Å²) in [4.78, 5) is 29.3. The van der Waals surface area contributed by atoms with Crippen LogP contribution >= 0.6 is 0 Å². The van der Waals surface area contributed by atoms with Crippen molar-refractivity contribution in [3.63, 3.8) is 0 Å². The zero-order valence-electron chi connectivity index (χ0n) is 18.4. The fourth-order valence-corrected chi connectivity index (χ4v) is 3.55. The molecule has 8 nitrogen and oxygen atoms in total. The standard InChI is InChI=1S/C25H24N4O4/c1-32-22-12-9-18(15-23(22)33-2)21-6-4-14-29(28-21)25(31)17-7-10-20(11-8-17)27-24(30)19-5-3-13-26-16-19/h3,5,7-13,15-16H,4,6,14H2,1-2H3,(H,27,30). The van der Waals surface area contributed by atoms with Crippen molar-refractivity contribution in [3.05, 3.63) is 83.7 Å². The van der Waals surface area contributed by atoms with Crippen molar-refractivity contribution in [2.45, 2.75) is 12.8 Å². The van der Waals surface area contributed by atoms with Gasteiger partial charge in [0, 0.05) is 35.8 Å². The minimum absolute atomic E-state index is 0.196. The van der Waals surface area contributed by atoms with Gasteiger partial charge in [0.25, 0.3) is 11.8 Å². The highest BCUT2D eigenvalue weighted by molar-refractivity contribution is 6.05. The molecule has 0 radical (unpaired) electrons. The van der Waals surface area contributed by atoms with Crippen LogP contribution in [0.5, 0.6) is 11.5 Å². The summed E-state index contributed by atoms with van der Waals surface area (Å²) in [5.74, 6) is 0.798. The van der Waals surface area contributed by atoms with E-state index in [0.717, 1.165) is 24.1 Å². The number of aromatic nitrogens is 1. The Bertz CT molecular complexity index is 1180. The number of ether oxygens (including phenoxy) is 2. The third kappa shape index (κ3) is 5.01. The number of benzene rings is 2. The smallest absolute Gasteiger partial charge is 0.273 e. The molecule has 0 atom stereocenters. The van der Waals surface area contributed by atoms with Gasteiger partial charge in [0.2, 0.25) is 0 Å². The SMILES string of the molecule is COc1ccc(C2=NN(C(=O)c3ccc(NC(=O)c4cccnc4)cc3)CCC2)cc1OC. The van der Waals surface area contributed by atoms with E-state index in [9.17, 15) is 9.59 Å². The minimum atomic E-state index is -0.262. The van der Waals surface area contributed by atoms with Gasteiger partial charge in [-0.15, -0.1) is 0 Å². The predicted octanol–water partition coefficient (Wildman–Crippen LogP) is 3.99. The average molecular weight is 444 g/mol. The molecule has 1 aliphatic heterocycles. The van der Waals surface area contributed by atoms with Crippen molar-refractivity contribution in [2.24, 2.45) is 5.10 Å². The number of pyridine rings is 1. The lowest BCUT2D eigenvalue weighted by Gasteiger charge is -2.24. The van der Waals surface area contributed by atoms with Gasteiger partial charge in [-0.2, -0.15) is 5.10 Å². The summed E-state index contributed by atoms with van der Waals surface area (Å²) in [6.07, 6.45) is 4.67. The maximum Gasteiger partial charge on any atom is 0.273 e. The van der Waals surface area contributed by atoms with E-state index in [2.05, 4.69) is 15.4 Å². The van der Waals surface area contributed by atoms with Crippen LogP contribution in [0, 0.1) is 0 Å². The highest BCUT2D eigenvalue weighted by Crippen LogP contribution is 2.29. The number of nitrogens with one attached hydrogen (secondary N) is 1. The van der Waals surface area contributed by atoms with E-state index < -0.39 is 0 Å². The van der Waals surface area contributed by atoms with Crippen LogP contribution in [0.15, 0.2) is 72.1 Å². The fourth-order valence-electron chi connectivity index (χ4n) is 3.55. The van der Waals surface area contributed by atoms with Crippen LogP contribution in [-0.4, -0.2) is 48.3 Å². The molecule has 2 heterocycles. The number of anilines is 1. The summed E-state index contributed by atoms with van der Waals surface area (Å²) in [5.41, 5.74) is 3.25. The van der Waals surface area contributed by atoms with Gasteiger partial charge in [-0.1, -0.05) is 0 Å². The Morgan fingerprint density at radius 2 is 1.76 bits per heavy atom. The second-order valence-electron chi connectivity index (χ2n) is 7.42. The lowest BCUT2D eigenvalue weighted by Crippen LogP contribution is -2.32. The number of hydrazone groups is 1. The number of hydrogen-bond donors (Lipinski definition) is 1. The van der Waals surface area contributed by atoms with Gasteiger partial charge in [-0.3, -0.25) is 14.6 Å². The van der Waals surface area contributed by atoms with E-state index in [1.54, 1.807) is 56.8 Å². The van der Waals surface area contributed by atoms with Crippen LogP contribution in [0.3, 0.4) is 0 Å². The Balaban J connectivity index is 1.48. The summed E-state index contributed by atoms with van der Waals surface area (Å²) in [6, 6.07) is 15.8. The molecular weight excluding hydrogens is 420 g/mol. The van der Waals surface area contributed by atoms with E-state index in [4.69, 9.17) is 9.47 Å². The Morgan fingerprint density at radius 3 is 2.45 bits per heavy atom. The highest BCUT2D eigenvalue weighted by Gasteiger charge is 2.21. The summed E-state index contributed by atoms with van der Waals surface area (Å²) >= 11 is 0. The number of rotatable bonds is 6. The monoisotopic (exact) mass is 444 g/mol. The molecule has 0 bridgehead atoms. The largest absolute Gasteiger partial charge is 0.493 e. The molecule has 1 aliphatic rings. The molecular formula is C25H24N4O4. The lowest BCUT2D eigenvalue weighted by molar-refractivity contribution is 0.0751. The van der Waals surface area contributed by atoms with E-state index in [-0.39, 0.29) is 11.8 Å². The van der Waals surface area contributed by atoms with Gasteiger partial charge in [0.05, 0.1) is 25.5 Å². The van der Waals surface area contributed by atoms with Crippen molar-refractivity contribution in [3.8, 4) is 11.5 Å². The molecule has 0 unspecified atom stereocenters. The van der Waals surface area contributed by atoms with Crippen LogP contribution < -0.4 is 14.8 Å². The van der Waals surface area contributed by atoms with Crippen molar-refractivity contribution in [1.82, 2.24) is 9.99 Å². The molecule has 33 heavy (non-hydrogen) atoms. The Hall–Kier alpha value is -4.20. The zero-order valence-corrected chi connectivity index (χ0v) is 18.4. The molecule has 0 aliphatic carbocycles. The van der Waals surface area contributed by atoms with Crippen molar-refractivity contribution < 1.29 is 19.1 Å². The van der Waals surface area contributed by atoms with Gasteiger partial charge >= 0.3 is 0 Å². The summed E-state index contributed by atoms with van der Waals surface area (Å²) < 4.78 is 10.7. The normalized spacial score (nSPS) is 13.2. The first kappa shape index (κ1) is 22.0. The van der Waals surface area contributed by atoms with E-state index >= 15 is 0 Å². The third-order valence-corrected chi connectivity index (χ3v) is 5.29. The molecule has 1 N–H and O–H groups in total. The Morgan fingerprint density at radius 1 is 0.970 bits per heavy atom. The molecule has 4 rings (SSSR count). The quantitative estimate of drug-likeness (QED) is 0.621. The molecule has 8 heteroatoms. The topological polar surface area (TPSA) is 93.1 Å². The van der Waals surface area contributed by atoms with Gasteiger partial charge < -0.3 is 14.8 Å². The molecule has 2 amide bonds. The Kier molecular flexibility index (Phi) is 6.64. The van der Waals surface area contributed by atoms with Crippen molar-refractivity contribution >= 4 is 23.2 Å². The van der Waals surface area contributed by atoms with Gasteiger partial charge in [0.1, 0.15) is 0 Å². The number of carbonyl (C=O) groups excluding carboxylic acids is 2. The van der Waals surface area contributed by atoms with Gasteiger partial charge in [0.15, 0.2) is 11.5 Å². The number of carbonyl (C=O) groups is 2. The number of methoxy groups -OCH3 is 2. The minimum Gasteiger partial charge on any atom is -0.493 e. The average Bonchev–Trinajstić information content (AvgIpc) is 2.88. The first-order valence-electron chi connectivity index (χ1n) is 10.5. The molecule has 3 aromatic rings. The second-order valence-corrected chi connectivity index (χ2v) is 7.42. The van der Waals surface area contributed by atoms with E-state index in [1.807, 2.05) is 18.2 Å². The maximum absolute atomic E-state index is 13.0. The van der Waals surface area contributed by atoms with E-state index in [1.165, 1.54) is 11.2 Å². The van der Waals surface area contributed by atoms with Crippen molar-refractivity contribution in [2.75, 3.05) is 26.1 Å². The number of hydrogen-bond acceptors (Lipinski definition) is 6. The summed E-state index contributed by atoms with van der Waals surface area (Å²) in [6.45, 7) is 0.537. The van der Waals surface area contributed by atoms with Crippen LogP contribution in [0.1, 0.15) is 39.1 Å². The molecule has 1 aromatic heterocycles. The van der Waals surface area contributed by atoms with Crippen LogP contribution in [-0.2, 0) is 0 Å². The summed E-state index contributed by atoms with van der Waals surface area (Å²) in [7, 11) is 3.18. The lowest BCUT2D eigenvalue weighted by atomic mass is 10.0. The Labute approximate surface area is 191 Å². The molecule has 0 fully saturated rings. The van der Waals surface area contributed by atoms with Crippen molar-refractivity contribution in [1.29, 1.82) is 0 Å². The van der Waals surface area contributed by atoms with Gasteiger partial charge in [-0.05, 0) is 67.4 Å². The van der Waals surface area contributed by atoms with E-state index in [0.29, 0.717) is 34.9 Å². The zero-order chi connectivity index (χ0) is 23.2. The maximum atomic E-state index is 13.0. The molecule has 0 saturated carbocycles. The predicted molar refractivity (Wildman–Crippen MR) is 125 cm³/mol. The van der Waals surface area contributed by atoms with Gasteiger partial charge in [-0.25, -0.2) is 5.01 Å². The molecule has 0 spiro atoms. The third-order valence-electron chi connectivity index (χ3n) is 5.29. The molecule has 2 aromatic carbocycles. The first-order chi connectivity index (χ1) is 16.1. The number of nitrogens with zero attached hydrogens (tertiary/aromatic N) is 3. The number of amides is 2. The fraction of sp³-hybridized carbons (Fsp3) is 0.200. The first-order valence-corrected chi connectivity index (χ1v) is 10.5. The second kappa shape index (κ2) is 9.95.